The topological polar surface area (TPSA) is 48.5 Å². The van der Waals surface area contributed by atoms with E-state index in [1.807, 2.05) is 12.1 Å². The molecule has 0 saturated heterocycles. The maximum atomic E-state index is 5.22. The van der Waals surface area contributed by atoms with Crippen LogP contribution >= 0.6 is 0 Å². The number of nitrogens with zero attached hydrogens (tertiary/aromatic N) is 5. The van der Waals surface area contributed by atoms with Crippen LogP contribution in [0.5, 0.6) is 0 Å². The van der Waals surface area contributed by atoms with Crippen molar-refractivity contribution in [2.24, 2.45) is 0 Å². The standard InChI is InChI=1S/C73H53N5/c1-48-18-7-4-12-23-53-38-41-60(47-65(53)73(48,2)3)78-66-28-15-13-26-61(66)63-42-39-57(46-69(63)78)56-40-43-68-64(45-56)62-27-14-16-29-67(62)77(68)59-25-17-24-58(44-59)72-75-70(54-34-30-51(31-35-54)49-19-8-5-9-20-49)74-71(76-72)55-36-32-52(33-37-55)50-21-10-6-11-22-50/h4-22,24-47H,1,23H2,2-3H3/b12-4-,18-7-. The summed E-state index contributed by atoms with van der Waals surface area (Å²) < 4.78 is 4.82. The van der Waals surface area contributed by atoms with Crippen molar-refractivity contribution in [1.29, 1.82) is 0 Å². The Kier molecular flexibility index (Phi) is 11.3. The van der Waals surface area contributed by atoms with Crippen molar-refractivity contribution in [3.05, 3.63) is 284 Å². The molecule has 0 fully saturated rings. The Morgan fingerprint density at radius 1 is 0.359 bits per heavy atom. The maximum Gasteiger partial charge on any atom is 0.164 e. The molecule has 1 aliphatic rings. The van der Waals surface area contributed by atoms with Gasteiger partial charge in [-0.2, -0.15) is 0 Å². The fourth-order valence-electron chi connectivity index (χ4n) is 11.6. The Bertz CT molecular complexity index is 4430. The molecule has 5 heteroatoms. The molecule has 0 spiro atoms. The third-order valence-electron chi connectivity index (χ3n) is 15.9. The van der Waals surface area contributed by atoms with Crippen molar-refractivity contribution in [2.45, 2.75) is 25.7 Å². The molecule has 3 aromatic heterocycles. The van der Waals surface area contributed by atoms with Gasteiger partial charge in [-0.15, -0.1) is 0 Å². The molecule has 0 N–H and O–H groups in total. The third kappa shape index (κ3) is 8.16. The average molecular weight is 1000 g/mol. The van der Waals surface area contributed by atoms with Crippen molar-refractivity contribution in [3.63, 3.8) is 0 Å². The molecule has 5 nitrogen and oxygen atoms in total. The first-order valence-electron chi connectivity index (χ1n) is 26.7. The van der Waals surface area contributed by atoms with Crippen LogP contribution in [0.25, 0.3) is 123 Å². The maximum absolute atomic E-state index is 5.22. The van der Waals surface area contributed by atoms with Gasteiger partial charge >= 0.3 is 0 Å². The van der Waals surface area contributed by atoms with E-state index in [2.05, 4.69) is 278 Å². The van der Waals surface area contributed by atoms with E-state index in [1.165, 1.54) is 43.7 Å². The van der Waals surface area contributed by atoms with Crippen LogP contribution in [0.4, 0.5) is 0 Å². The normalized spacial score (nSPS) is 14.1. The molecule has 0 saturated carbocycles. The second-order valence-electron chi connectivity index (χ2n) is 20.9. The van der Waals surface area contributed by atoms with Gasteiger partial charge in [0.05, 0.1) is 22.1 Å². The van der Waals surface area contributed by atoms with Crippen molar-refractivity contribution < 1.29 is 0 Å². The number of hydrogen-bond acceptors (Lipinski definition) is 3. The highest BCUT2D eigenvalue weighted by Gasteiger charge is 2.27. The highest BCUT2D eigenvalue weighted by Crippen LogP contribution is 2.41. The van der Waals surface area contributed by atoms with Crippen LogP contribution in [0.1, 0.15) is 25.0 Å². The fraction of sp³-hybridized carbons (Fsp3) is 0.0548. The molecule has 3 heterocycles. The zero-order valence-electron chi connectivity index (χ0n) is 43.5. The number of para-hydroxylation sites is 2. The second-order valence-corrected chi connectivity index (χ2v) is 20.9. The number of allylic oxidation sites excluding steroid dienone is 5. The smallest absolute Gasteiger partial charge is 0.164 e. The highest BCUT2D eigenvalue weighted by atomic mass is 15.0. The van der Waals surface area contributed by atoms with Gasteiger partial charge in [-0.05, 0) is 111 Å². The molecule has 0 aliphatic heterocycles. The summed E-state index contributed by atoms with van der Waals surface area (Å²) in [5, 5.41) is 4.82. The lowest BCUT2D eigenvalue weighted by Gasteiger charge is -2.29. The Hall–Kier alpha value is -9.97. The van der Waals surface area contributed by atoms with E-state index in [1.54, 1.807) is 0 Å². The second kappa shape index (κ2) is 19.0. The third-order valence-corrected chi connectivity index (χ3v) is 15.9. The molecule has 0 bridgehead atoms. The summed E-state index contributed by atoms with van der Waals surface area (Å²) in [5.74, 6) is 1.83. The van der Waals surface area contributed by atoms with Crippen LogP contribution in [-0.2, 0) is 11.8 Å². The Morgan fingerprint density at radius 2 is 0.833 bits per heavy atom. The van der Waals surface area contributed by atoms with Crippen molar-refractivity contribution in [1.82, 2.24) is 24.1 Å². The average Bonchev–Trinajstić information content (AvgIpc) is 4.03. The van der Waals surface area contributed by atoms with E-state index in [4.69, 9.17) is 15.0 Å². The van der Waals surface area contributed by atoms with Crippen LogP contribution in [0, 0.1) is 0 Å². The van der Waals surface area contributed by atoms with Crippen LogP contribution in [0.2, 0.25) is 0 Å². The Balaban J connectivity index is 0.869. The predicted molar refractivity (Wildman–Crippen MR) is 325 cm³/mol. The van der Waals surface area contributed by atoms with Gasteiger partial charge in [0.1, 0.15) is 0 Å². The highest BCUT2D eigenvalue weighted by molar-refractivity contribution is 6.12. The largest absolute Gasteiger partial charge is 0.309 e. The lowest BCUT2D eigenvalue weighted by atomic mass is 9.75. The van der Waals surface area contributed by atoms with Gasteiger partial charge in [0.25, 0.3) is 0 Å². The van der Waals surface area contributed by atoms with Crippen LogP contribution in [-0.4, -0.2) is 24.1 Å². The Morgan fingerprint density at radius 3 is 1.49 bits per heavy atom. The van der Waals surface area contributed by atoms with Gasteiger partial charge in [-0.25, -0.2) is 15.0 Å². The fourth-order valence-corrected chi connectivity index (χ4v) is 11.6. The van der Waals surface area contributed by atoms with E-state index in [0.29, 0.717) is 17.5 Å². The van der Waals surface area contributed by atoms with Crippen LogP contribution in [0.3, 0.4) is 0 Å². The molecule has 0 unspecified atom stereocenters. The van der Waals surface area contributed by atoms with Gasteiger partial charge in [0, 0.05) is 55.0 Å². The monoisotopic (exact) mass is 999 g/mol. The SMILES string of the molecule is C=C1/C=C\C=C/Cc2ccc(-n3c4ccccc4c4ccc(-c5ccc6c(c5)c5ccccc5n6-c5cccc(-c6nc(-c7ccc(-c8ccccc8)cc7)nc(-c7ccc(-c8ccccc8)cc7)n6)c5)cc43)cc2C1(C)C. The number of benzene rings is 10. The molecular weight excluding hydrogens is 947 g/mol. The first kappa shape index (κ1) is 46.6. The van der Waals surface area contributed by atoms with Crippen molar-refractivity contribution >= 4 is 43.6 Å². The van der Waals surface area contributed by atoms with Gasteiger partial charge in [0.2, 0.25) is 0 Å². The minimum atomic E-state index is -0.249. The van der Waals surface area contributed by atoms with E-state index < -0.39 is 0 Å². The molecule has 13 aromatic rings. The summed E-state index contributed by atoms with van der Waals surface area (Å²) in [7, 11) is 0. The van der Waals surface area contributed by atoms with Gasteiger partial charge in [-0.3, -0.25) is 0 Å². The summed E-state index contributed by atoms with van der Waals surface area (Å²) in [6, 6.07) is 84.9. The molecule has 10 aromatic carbocycles. The number of aromatic nitrogens is 5. The summed E-state index contributed by atoms with van der Waals surface area (Å²) in [6.07, 6.45) is 9.51. The van der Waals surface area contributed by atoms with Gasteiger partial charge in [0.15, 0.2) is 17.5 Å². The molecule has 0 atom stereocenters. The van der Waals surface area contributed by atoms with Crippen LogP contribution in [0.15, 0.2) is 273 Å². The minimum Gasteiger partial charge on any atom is -0.309 e. The first-order valence-corrected chi connectivity index (χ1v) is 26.7. The van der Waals surface area contributed by atoms with E-state index in [-0.39, 0.29) is 5.41 Å². The van der Waals surface area contributed by atoms with Crippen LogP contribution < -0.4 is 0 Å². The zero-order chi connectivity index (χ0) is 52.3. The number of fused-ring (bicyclic) bond motifs is 7. The van der Waals surface area contributed by atoms with Crippen molar-refractivity contribution in [2.75, 3.05) is 0 Å². The minimum absolute atomic E-state index is 0.249. The number of hydrogen-bond donors (Lipinski definition) is 0. The molecule has 78 heavy (non-hydrogen) atoms. The molecular formula is C73H53N5. The molecule has 0 amide bonds. The molecule has 14 rings (SSSR count). The summed E-state index contributed by atoms with van der Waals surface area (Å²) in [6.45, 7) is 9.12. The molecule has 1 aliphatic carbocycles. The van der Waals surface area contributed by atoms with E-state index >= 15 is 0 Å². The lowest BCUT2D eigenvalue weighted by molar-refractivity contribution is 0.634. The van der Waals surface area contributed by atoms with Gasteiger partial charge in [-0.1, -0.05) is 227 Å². The summed E-state index contributed by atoms with van der Waals surface area (Å²) in [5.41, 5.74) is 19.9. The van der Waals surface area contributed by atoms with Gasteiger partial charge < -0.3 is 9.13 Å². The Labute approximate surface area is 454 Å². The van der Waals surface area contributed by atoms with Crippen molar-refractivity contribution in [3.8, 4) is 78.9 Å². The zero-order valence-corrected chi connectivity index (χ0v) is 43.5. The summed E-state index contributed by atoms with van der Waals surface area (Å²) >= 11 is 0. The van der Waals surface area contributed by atoms with E-state index in [9.17, 15) is 0 Å². The first-order chi connectivity index (χ1) is 38.3. The quantitative estimate of drug-likeness (QED) is 0.152. The summed E-state index contributed by atoms with van der Waals surface area (Å²) in [4.78, 5) is 15.6. The molecule has 0 radical (unpaired) electrons. The number of rotatable bonds is 8. The lowest BCUT2D eigenvalue weighted by Crippen LogP contribution is -2.21. The van der Waals surface area contributed by atoms with E-state index in [0.717, 1.165) is 84.5 Å². The molecule has 370 valence electrons. The predicted octanol–water partition coefficient (Wildman–Crippen LogP) is 18.6.